The molecule has 2 nitrogen and oxygen atoms in total. The van der Waals surface area contributed by atoms with Crippen molar-refractivity contribution < 1.29 is 0 Å². The van der Waals surface area contributed by atoms with Crippen LogP contribution in [0.5, 0.6) is 0 Å². The molecule has 1 N–H and O–H groups in total. The Bertz CT molecular complexity index is 304. The minimum Gasteiger partial charge on any atom is -0.359 e. The molecule has 0 aromatic heterocycles. The molecule has 0 aromatic rings. The number of hydrogen-bond donors (Lipinski definition) is 1. The third kappa shape index (κ3) is 4.70. The van der Waals surface area contributed by atoms with Crippen molar-refractivity contribution in [1.29, 1.82) is 0 Å². The van der Waals surface area contributed by atoms with Crippen LogP contribution in [0.3, 0.4) is 0 Å². The maximum absolute atomic E-state index is 4.76. The van der Waals surface area contributed by atoms with Gasteiger partial charge in [0.05, 0.1) is 0 Å². The number of rotatable bonds is 5. The number of nitrogens with one attached hydrogen (secondary N) is 1. The number of thioether (sulfide) groups is 1. The van der Waals surface area contributed by atoms with Gasteiger partial charge in [-0.05, 0) is 43.9 Å². The van der Waals surface area contributed by atoms with Gasteiger partial charge in [0, 0.05) is 17.8 Å². The lowest BCUT2D eigenvalue weighted by Crippen LogP contribution is -2.46. The first-order valence-corrected chi connectivity index (χ1v) is 9.04. The second kappa shape index (κ2) is 7.01. The van der Waals surface area contributed by atoms with Crippen molar-refractivity contribution in [3.05, 3.63) is 0 Å². The van der Waals surface area contributed by atoms with E-state index in [0.717, 1.165) is 18.4 Å². The topological polar surface area (TPSA) is 24.4 Å². The summed E-state index contributed by atoms with van der Waals surface area (Å²) in [4.78, 5) is 4.76. The van der Waals surface area contributed by atoms with Gasteiger partial charge in [0.1, 0.15) is 0 Å². The van der Waals surface area contributed by atoms with Crippen LogP contribution in [0.4, 0.5) is 0 Å². The summed E-state index contributed by atoms with van der Waals surface area (Å²) in [6.45, 7) is 8.00. The lowest BCUT2D eigenvalue weighted by Gasteiger charge is -2.35. The molecule has 2 rings (SSSR count). The minimum absolute atomic E-state index is 0.397. The second-order valence-electron chi connectivity index (χ2n) is 6.95. The zero-order valence-electron chi connectivity index (χ0n) is 12.9. The Hall–Kier alpha value is -0.180. The van der Waals surface area contributed by atoms with Gasteiger partial charge in [0.2, 0.25) is 0 Å². The van der Waals surface area contributed by atoms with Crippen LogP contribution in [0.15, 0.2) is 4.99 Å². The fourth-order valence-corrected chi connectivity index (χ4v) is 4.26. The molecule has 1 aliphatic heterocycles. The highest BCUT2D eigenvalue weighted by molar-refractivity contribution is 8.14. The van der Waals surface area contributed by atoms with Crippen LogP contribution in [0.1, 0.15) is 65.7 Å². The highest BCUT2D eigenvalue weighted by atomic mass is 32.2. The lowest BCUT2D eigenvalue weighted by molar-refractivity contribution is 0.251. The van der Waals surface area contributed by atoms with Crippen molar-refractivity contribution in [2.24, 2.45) is 16.8 Å². The number of nitrogens with zero attached hydrogens (tertiary/aromatic N) is 1. The Morgan fingerprint density at radius 3 is 2.74 bits per heavy atom. The Labute approximate surface area is 123 Å². The van der Waals surface area contributed by atoms with Crippen LogP contribution in [-0.2, 0) is 0 Å². The molecule has 0 unspecified atom stereocenters. The summed E-state index contributed by atoms with van der Waals surface area (Å²) < 4.78 is 0. The van der Waals surface area contributed by atoms with Crippen molar-refractivity contribution in [2.75, 3.05) is 12.3 Å². The standard InChI is InChI=1S/C16H30N2S/c1-13(2)6-4-5-11-17-15-18-16(12-19-15)9-7-14(3)8-10-16/h13-14H,4-12H2,1-3H3,(H,17,18). The first-order valence-electron chi connectivity index (χ1n) is 8.05. The van der Waals surface area contributed by atoms with E-state index < -0.39 is 0 Å². The van der Waals surface area contributed by atoms with Gasteiger partial charge in [-0.3, -0.25) is 4.99 Å². The lowest BCUT2D eigenvalue weighted by atomic mass is 9.78. The van der Waals surface area contributed by atoms with Crippen molar-refractivity contribution >= 4 is 16.9 Å². The van der Waals surface area contributed by atoms with Gasteiger partial charge in [0.25, 0.3) is 0 Å². The molecule has 3 heteroatoms. The first kappa shape index (κ1) is 15.2. The quantitative estimate of drug-likeness (QED) is 0.753. The van der Waals surface area contributed by atoms with E-state index in [-0.39, 0.29) is 0 Å². The van der Waals surface area contributed by atoms with E-state index in [0.29, 0.717) is 5.54 Å². The van der Waals surface area contributed by atoms with Crippen LogP contribution in [0, 0.1) is 11.8 Å². The van der Waals surface area contributed by atoms with Gasteiger partial charge >= 0.3 is 0 Å². The summed E-state index contributed by atoms with van der Waals surface area (Å²) in [5, 5.41) is 4.96. The average molecular weight is 282 g/mol. The van der Waals surface area contributed by atoms with Crippen LogP contribution in [-0.4, -0.2) is 23.0 Å². The molecule has 0 radical (unpaired) electrons. The zero-order valence-corrected chi connectivity index (χ0v) is 13.7. The van der Waals surface area contributed by atoms with E-state index in [1.165, 1.54) is 55.9 Å². The summed E-state index contributed by atoms with van der Waals surface area (Å²) in [7, 11) is 0. The van der Waals surface area contributed by atoms with E-state index in [2.05, 4.69) is 26.1 Å². The molecule has 0 bridgehead atoms. The molecule has 1 heterocycles. The van der Waals surface area contributed by atoms with Crippen LogP contribution in [0.2, 0.25) is 0 Å². The summed E-state index contributed by atoms with van der Waals surface area (Å²) in [5.74, 6) is 3.00. The molecule has 1 saturated carbocycles. The molecule has 1 aliphatic carbocycles. The predicted molar refractivity (Wildman–Crippen MR) is 86.9 cm³/mol. The molecule has 0 atom stereocenters. The highest BCUT2D eigenvalue weighted by Gasteiger charge is 2.39. The van der Waals surface area contributed by atoms with Crippen LogP contribution >= 0.6 is 11.8 Å². The first-order chi connectivity index (χ1) is 9.10. The number of amidine groups is 1. The Morgan fingerprint density at radius 1 is 1.32 bits per heavy atom. The summed E-state index contributed by atoms with van der Waals surface area (Å²) in [6, 6.07) is 0. The SMILES string of the molecule is CC(C)CCCCN=C1NC2(CCC(C)CC2)CS1. The molecule has 1 spiro atoms. The molecule has 0 amide bonds. The molecular weight excluding hydrogens is 252 g/mol. The van der Waals surface area contributed by atoms with Crippen molar-refractivity contribution in [3.63, 3.8) is 0 Å². The van der Waals surface area contributed by atoms with Gasteiger partial charge in [0.15, 0.2) is 5.17 Å². The van der Waals surface area contributed by atoms with Crippen LogP contribution < -0.4 is 5.32 Å². The Balaban J connectivity index is 1.69. The smallest absolute Gasteiger partial charge is 0.157 e. The van der Waals surface area contributed by atoms with Gasteiger partial charge in [-0.1, -0.05) is 45.4 Å². The van der Waals surface area contributed by atoms with Crippen molar-refractivity contribution in [1.82, 2.24) is 5.32 Å². The monoisotopic (exact) mass is 282 g/mol. The summed E-state index contributed by atoms with van der Waals surface area (Å²) in [5.41, 5.74) is 0.397. The highest BCUT2D eigenvalue weighted by Crippen LogP contribution is 2.38. The maximum atomic E-state index is 4.76. The molecule has 19 heavy (non-hydrogen) atoms. The van der Waals surface area contributed by atoms with Gasteiger partial charge < -0.3 is 5.32 Å². The molecular formula is C16H30N2S. The molecule has 2 aliphatic rings. The van der Waals surface area contributed by atoms with E-state index in [1.807, 2.05) is 11.8 Å². The summed E-state index contributed by atoms with van der Waals surface area (Å²) in [6.07, 6.45) is 9.36. The molecule has 2 fully saturated rings. The molecule has 0 aromatic carbocycles. The fourth-order valence-electron chi connectivity index (χ4n) is 3.02. The maximum Gasteiger partial charge on any atom is 0.157 e. The minimum atomic E-state index is 0.397. The van der Waals surface area contributed by atoms with Gasteiger partial charge in [-0.15, -0.1) is 0 Å². The fraction of sp³-hybridized carbons (Fsp3) is 0.938. The Kier molecular flexibility index (Phi) is 5.61. The second-order valence-corrected chi connectivity index (χ2v) is 7.92. The number of unbranched alkanes of at least 4 members (excludes halogenated alkanes) is 1. The number of hydrogen-bond acceptors (Lipinski definition) is 2. The normalized spacial score (nSPS) is 33.3. The predicted octanol–water partition coefficient (Wildman–Crippen LogP) is 4.45. The van der Waals surface area contributed by atoms with Crippen molar-refractivity contribution in [2.45, 2.75) is 71.3 Å². The van der Waals surface area contributed by atoms with Gasteiger partial charge in [-0.2, -0.15) is 0 Å². The van der Waals surface area contributed by atoms with E-state index in [1.54, 1.807) is 0 Å². The average Bonchev–Trinajstić information content (AvgIpc) is 2.76. The third-order valence-electron chi connectivity index (χ3n) is 4.53. The van der Waals surface area contributed by atoms with Crippen LogP contribution in [0.25, 0.3) is 0 Å². The molecule has 110 valence electrons. The molecule has 1 saturated heterocycles. The zero-order chi connectivity index (χ0) is 13.7. The number of aliphatic imine (C=N–C) groups is 1. The Morgan fingerprint density at radius 2 is 2.05 bits per heavy atom. The van der Waals surface area contributed by atoms with E-state index >= 15 is 0 Å². The largest absolute Gasteiger partial charge is 0.359 e. The third-order valence-corrected chi connectivity index (χ3v) is 5.74. The summed E-state index contributed by atoms with van der Waals surface area (Å²) >= 11 is 1.95. The van der Waals surface area contributed by atoms with E-state index in [4.69, 9.17) is 4.99 Å². The van der Waals surface area contributed by atoms with Crippen molar-refractivity contribution in [3.8, 4) is 0 Å². The van der Waals surface area contributed by atoms with E-state index in [9.17, 15) is 0 Å². The van der Waals surface area contributed by atoms with Gasteiger partial charge in [-0.25, -0.2) is 0 Å².